The van der Waals surface area contributed by atoms with Crippen molar-refractivity contribution in [2.75, 3.05) is 13.6 Å². The lowest BCUT2D eigenvalue weighted by atomic mass is 10.1. The number of nitrogens with one attached hydrogen (secondary N) is 1. The highest BCUT2D eigenvalue weighted by Crippen LogP contribution is 2.23. The van der Waals surface area contributed by atoms with Gasteiger partial charge in [0.25, 0.3) is 0 Å². The van der Waals surface area contributed by atoms with Gasteiger partial charge in [-0.15, -0.1) is 0 Å². The molecule has 3 rings (SSSR count). The van der Waals surface area contributed by atoms with Crippen LogP contribution in [0.3, 0.4) is 0 Å². The van der Waals surface area contributed by atoms with Gasteiger partial charge in [0, 0.05) is 19.8 Å². The van der Waals surface area contributed by atoms with Crippen LogP contribution in [0.2, 0.25) is 0 Å². The van der Waals surface area contributed by atoms with Crippen molar-refractivity contribution in [1.82, 2.24) is 20.0 Å². The van der Waals surface area contributed by atoms with Gasteiger partial charge in [0.2, 0.25) is 11.8 Å². The lowest BCUT2D eigenvalue weighted by molar-refractivity contribution is -0.134. The van der Waals surface area contributed by atoms with Gasteiger partial charge in [-0.05, 0) is 18.2 Å². The topological polar surface area (TPSA) is 80.4 Å². The average Bonchev–Trinajstić information content (AvgIpc) is 3.17. The van der Waals surface area contributed by atoms with Crippen molar-refractivity contribution in [3.8, 4) is 0 Å². The minimum Gasteiger partial charge on any atom is -0.469 e. The van der Waals surface area contributed by atoms with E-state index in [1.165, 1.54) is 0 Å². The zero-order valence-corrected chi connectivity index (χ0v) is 12.4. The second kappa shape index (κ2) is 6.05. The first kappa shape index (κ1) is 14.4. The van der Waals surface area contributed by atoms with Crippen LogP contribution in [0.1, 0.15) is 23.9 Å². The number of hydrogen-bond acceptors (Lipinski definition) is 4. The molecule has 0 fully saturated rings. The van der Waals surface area contributed by atoms with Crippen LogP contribution in [-0.2, 0) is 22.6 Å². The molecule has 1 unspecified atom stereocenters. The minimum absolute atomic E-state index is 0.00990. The number of fused-ring (bicyclic) bond motifs is 1. The summed E-state index contributed by atoms with van der Waals surface area (Å²) in [6.07, 6.45) is 3.79. The number of carbonyl (C=O) groups is 2. The number of amides is 2. The van der Waals surface area contributed by atoms with Gasteiger partial charge in [-0.1, -0.05) is 0 Å². The SMILES string of the molecule is CNC(=O)CC1CN(C(=O)Cc2ccco2)Cc2ccnn21. The predicted octanol–water partition coefficient (Wildman–Crippen LogP) is 0.738. The third-order valence-corrected chi connectivity index (χ3v) is 3.84. The van der Waals surface area contributed by atoms with Crippen LogP contribution < -0.4 is 5.32 Å². The third kappa shape index (κ3) is 2.88. The van der Waals surface area contributed by atoms with Crippen molar-refractivity contribution >= 4 is 11.8 Å². The van der Waals surface area contributed by atoms with Gasteiger partial charge in [0.15, 0.2) is 0 Å². The molecule has 0 saturated heterocycles. The number of aromatic nitrogens is 2. The van der Waals surface area contributed by atoms with Gasteiger partial charge in [0.1, 0.15) is 5.76 Å². The Morgan fingerprint density at radius 2 is 2.32 bits per heavy atom. The zero-order chi connectivity index (χ0) is 15.5. The van der Waals surface area contributed by atoms with E-state index < -0.39 is 0 Å². The molecule has 1 atom stereocenters. The fourth-order valence-electron chi connectivity index (χ4n) is 2.72. The molecule has 22 heavy (non-hydrogen) atoms. The molecule has 3 heterocycles. The smallest absolute Gasteiger partial charge is 0.230 e. The summed E-state index contributed by atoms with van der Waals surface area (Å²) in [6.45, 7) is 0.978. The van der Waals surface area contributed by atoms with Crippen molar-refractivity contribution in [2.24, 2.45) is 0 Å². The molecule has 7 heteroatoms. The lowest BCUT2D eigenvalue weighted by Crippen LogP contribution is -2.43. The third-order valence-electron chi connectivity index (χ3n) is 3.84. The summed E-state index contributed by atoms with van der Waals surface area (Å²) in [4.78, 5) is 25.9. The van der Waals surface area contributed by atoms with Crippen LogP contribution in [0.4, 0.5) is 0 Å². The van der Waals surface area contributed by atoms with Gasteiger partial charge in [-0.2, -0.15) is 5.10 Å². The predicted molar refractivity (Wildman–Crippen MR) is 77.8 cm³/mol. The number of rotatable bonds is 4. The van der Waals surface area contributed by atoms with E-state index in [9.17, 15) is 9.59 Å². The molecule has 2 amide bonds. The normalized spacial score (nSPS) is 17.1. The first-order valence-corrected chi connectivity index (χ1v) is 7.20. The van der Waals surface area contributed by atoms with E-state index in [1.807, 2.05) is 10.7 Å². The molecule has 2 aromatic rings. The van der Waals surface area contributed by atoms with E-state index in [0.29, 0.717) is 25.3 Å². The highest BCUT2D eigenvalue weighted by atomic mass is 16.3. The molecule has 7 nitrogen and oxygen atoms in total. The Hall–Kier alpha value is -2.57. The zero-order valence-electron chi connectivity index (χ0n) is 12.4. The number of nitrogens with zero attached hydrogens (tertiary/aromatic N) is 3. The highest BCUT2D eigenvalue weighted by Gasteiger charge is 2.29. The summed E-state index contributed by atoms with van der Waals surface area (Å²) in [6, 6.07) is 5.29. The largest absolute Gasteiger partial charge is 0.469 e. The highest BCUT2D eigenvalue weighted by molar-refractivity contribution is 5.79. The van der Waals surface area contributed by atoms with Crippen molar-refractivity contribution in [2.45, 2.75) is 25.4 Å². The summed E-state index contributed by atoms with van der Waals surface area (Å²) in [5.41, 5.74) is 0.938. The molecule has 116 valence electrons. The van der Waals surface area contributed by atoms with Gasteiger partial charge in [-0.25, -0.2) is 0 Å². The molecule has 2 aromatic heterocycles. The first-order valence-electron chi connectivity index (χ1n) is 7.20. The van der Waals surface area contributed by atoms with Gasteiger partial charge in [0.05, 0.1) is 37.4 Å². The summed E-state index contributed by atoms with van der Waals surface area (Å²) < 4.78 is 7.07. The Balaban J connectivity index is 1.74. The molecule has 0 bridgehead atoms. The van der Waals surface area contributed by atoms with E-state index in [2.05, 4.69) is 10.4 Å². The van der Waals surface area contributed by atoms with Crippen molar-refractivity contribution in [3.05, 3.63) is 42.1 Å². The molecular formula is C15H18N4O3. The van der Waals surface area contributed by atoms with Crippen LogP contribution in [0.25, 0.3) is 0 Å². The monoisotopic (exact) mass is 302 g/mol. The van der Waals surface area contributed by atoms with E-state index in [4.69, 9.17) is 4.42 Å². The lowest BCUT2D eigenvalue weighted by Gasteiger charge is -2.33. The Labute approximate surface area is 127 Å². The van der Waals surface area contributed by atoms with Crippen molar-refractivity contribution in [1.29, 1.82) is 0 Å². The summed E-state index contributed by atoms with van der Waals surface area (Å²) in [5.74, 6) is 0.572. The molecular weight excluding hydrogens is 284 g/mol. The van der Waals surface area contributed by atoms with E-state index in [0.717, 1.165) is 5.69 Å². The number of carbonyl (C=O) groups excluding carboxylic acids is 2. The fraction of sp³-hybridized carbons (Fsp3) is 0.400. The molecule has 0 saturated carbocycles. The van der Waals surface area contributed by atoms with Crippen LogP contribution in [0, 0.1) is 0 Å². The van der Waals surface area contributed by atoms with Gasteiger partial charge in [-0.3, -0.25) is 14.3 Å². The summed E-state index contributed by atoms with van der Waals surface area (Å²) >= 11 is 0. The molecule has 1 aliphatic heterocycles. The number of hydrogen-bond donors (Lipinski definition) is 1. The molecule has 0 spiro atoms. The maximum absolute atomic E-state index is 12.4. The van der Waals surface area contributed by atoms with Gasteiger partial charge >= 0.3 is 0 Å². The summed E-state index contributed by atoms with van der Waals surface area (Å²) in [5, 5.41) is 6.89. The average molecular weight is 302 g/mol. The minimum atomic E-state index is -0.140. The standard InChI is InChI=1S/C15H18N4O3/c1-16-14(20)7-12-10-18(9-11-4-5-17-19(11)12)15(21)8-13-3-2-6-22-13/h2-6,12H,7-10H2,1H3,(H,16,20). The second-order valence-electron chi connectivity index (χ2n) is 5.33. The Morgan fingerprint density at radius 3 is 3.05 bits per heavy atom. The second-order valence-corrected chi connectivity index (χ2v) is 5.33. The van der Waals surface area contributed by atoms with Crippen molar-refractivity contribution in [3.63, 3.8) is 0 Å². The Kier molecular flexibility index (Phi) is 3.95. The van der Waals surface area contributed by atoms with E-state index in [-0.39, 0.29) is 24.3 Å². The fourth-order valence-corrected chi connectivity index (χ4v) is 2.72. The Bertz CT molecular complexity index is 662. The van der Waals surface area contributed by atoms with Crippen LogP contribution >= 0.6 is 0 Å². The quantitative estimate of drug-likeness (QED) is 0.903. The first-order chi connectivity index (χ1) is 10.7. The van der Waals surface area contributed by atoms with E-state index in [1.54, 1.807) is 36.5 Å². The molecule has 0 aromatic carbocycles. The molecule has 1 N–H and O–H groups in total. The molecule has 0 aliphatic carbocycles. The van der Waals surface area contributed by atoms with E-state index >= 15 is 0 Å². The number of furan rings is 1. The maximum atomic E-state index is 12.4. The maximum Gasteiger partial charge on any atom is 0.230 e. The van der Waals surface area contributed by atoms with Crippen LogP contribution in [0.15, 0.2) is 35.1 Å². The van der Waals surface area contributed by atoms with Gasteiger partial charge < -0.3 is 14.6 Å². The van der Waals surface area contributed by atoms with Crippen LogP contribution in [0.5, 0.6) is 0 Å². The molecule has 0 radical (unpaired) electrons. The summed E-state index contributed by atoms with van der Waals surface area (Å²) in [7, 11) is 1.61. The van der Waals surface area contributed by atoms with Crippen molar-refractivity contribution < 1.29 is 14.0 Å². The van der Waals surface area contributed by atoms with Crippen LogP contribution in [-0.4, -0.2) is 40.1 Å². The Morgan fingerprint density at radius 1 is 1.45 bits per heavy atom. The molecule has 1 aliphatic rings.